The molecule has 0 saturated carbocycles. The maximum Gasteiger partial charge on any atom is 0.122 e. The summed E-state index contributed by atoms with van der Waals surface area (Å²) in [6, 6.07) is 8.16. The molecule has 1 saturated heterocycles. The van der Waals surface area contributed by atoms with Gasteiger partial charge in [0.15, 0.2) is 0 Å². The number of hydrogen-bond acceptors (Lipinski definition) is 2. The minimum atomic E-state index is 0.317. The Hall–Kier alpha value is -1.28. The van der Waals surface area contributed by atoms with E-state index in [1.807, 2.05) is 24.3 Å². The lowest BCUT2D eigenvalue weighted by Crippen LogP contribution is -2.05. The zero-order chi connectivity index (χ0) is 10.5. The summed E-state index contributed by atoms with van der Waals surface area (Å²) in [5, 5.41) is 0. The molecule has 0 N–H and O–H groups in total. The minimum Gasteiger partial charge on any atom is -0.491 e. The van der Waals surface area contributed by atoms with Gasteiger partial charge < -0.3 is 9.47 Å². The van der Waals surface area contributed by atoms with Crippen molar-refractivity contribution in [2.24, 2.45) is 0 Å². The van der Waals surface area contributed by atoms with Crippen molar-refractivity contribution in [3.63, 3.8) is 0 Å². The van der Waals surface area contributed by atoms with Crippen LogP contribution in [0.25, 0.3) is 0 Å². The Morgan fingerprint density at radius 1 is 1.47 bits per heavy atom. The van der Waals surface area contributed by atoms with Gasteiger partial charge in [0.25, 0.3) is 0 Å². The molecule has 0 bridgehead atoms. The fraction of sp³-hybridized carbons (Fsp3) is 0.385. The molecule has 2 rings (SSSR count). The highest BCUT2D eigenvalue weighted by molar-refractivity contribution is 5.33. The molecule has 1 aliphatic rings. The summed E-state index contributed by atoms with van der Waals surface area (Å²) in [6.07, 6.45) is 4.23. The number of aryl methyl sites for hydroxylation is 1. The van der Waals surface area contributed by atoms with Gasteiger partial charge in [-0.3, -0.25) is 0 Å². The van der Waals surface area contributed by atoms with Crippen LogP contribution < -0.4 is 4.74 Å². The Bertz CT molecular complexity index is 329. The van der Waals surface area contributed by atoms with Gasteiger partial charge in [0.05, 0.1) is 6.61 Å². The molecule has 1 aromatic rings. The quantitative estimate of drug-likeness (QED) is 0.524. The summed E-state index contributed by atoms with van der Waals surface area (Å²) in [7, 11) is 0. The highest BCUT2D eigenvalue weighted by atomic mass is 16.6. The Balaban J connectivity index is 1.95. The third-order valence-corrected chi connectivity index (χ3v) is 2.42. The Morgan fingerprint density at radius 3 is 3.00 bits per heavy atom. The second kappa shape index (κ2) is 4.99. The zero-order valence-corrected chi connectivity index (χ0v) is 8.82. The average molecular weight is 204 g/mol. The number of ether oxygens (including phenoxy) is 2. The lowest BCUT2D eigenvalue weighted by atomic mass is 10.1. The molecular weight excluding hydrogens is 188 g/mol. The maximum absolute atomic E-state index is 5.70. The molecular formula is C13H16O2. The van der Waals surface area contributed by atoms with Crippen molar-refractivity contribution in [2.75, 3.05) is 13.2 Å². The maximum atomic E-state index is 5.70. The predicted molar refractivity (Wildman–Crippen MR) is 60.2 cm³/mol. The molecule has 15 heavy (non-hydrogen) atoms. The van der Waals surface area contributed by atoms with Crippen molar-refractivity contribution < 1.29 is 9.47 Å². The molecule has 1 aromatic carbocycles. The third-order valence-electron chi connectivity index (χ3n) is 2.42. The smallest absolute Gasteiger partial charge is 0.122 e. The Kier molecular flexibility index (Phi) is 3.41. The second-order valence-corrected chi connectivity index (χ2v) is 3.70. The average Bonchev–Trinajstić information content (AvgIpc) is 3.08. The molecule has 1 atom stereocenters. The first-order valence-corrected chi connectivity index (χ1v) is 5.33. The summed E-state index contributed by atoms with van der Waals surface area (Å²) in [5.74, 6) is 0.981. The van der Waals surface area contributed by atoms with Crippen molar-refractivity contribution in [3.05, 3.63) is 42.5 Å². The molecule has 0 aromatic heterocycles. The number of hydrogen-bond donors (Lipinski definition) is 0. The molecule has 2 heteroatoms. The summed E-state index contributed by atoms with van der Waals surface area (Å²) in [4.78, 5) is 0. The molecule has 1 heterocycles. The largest absolute Gasteiger partial charge is 0.491 e. The van der Waals surface area contributed by atoms with Gasteiger partial charge in [-0.25, -0.2) is 0 Å². The normalized spacial score (nSPS) is 18.5. The number of epoxide rings is 1. The van der Waals surface area contributed by atoms with Crippen molar-refractivity contribution in [2.45, 2.75) is 18.9 Å². The van der Waals surface area contributed by atoms with Gasteiger partial charge in [-0.1, -0.05) is 24.3 Å². The van der Waals surface area contributed by atoms with E-state index in [1.165, 1.54) is 5.56 Å². The van der Waals surface area contributed by atoms with Gasteiger partial charge in [0, 0.05) is 0 Å². The molecule has 1 aliphatic heterocycles. The standard InChI is InChI=1S/C13H16O2/c1-2-3-6-11-7-4-5-8-13(11)15-10-12-9-14-12/h2,4-5,7-8,12H,1,3,6,9-10H2. The van der Waals surface area contributed by atoms with E-state index in [-0.39, 0.29) is 0 Å². The van der Waals surface area contributed by atoms with Crippen molar-refractivity contribution in [1.82, 2.24) is 0 Å². The van der Waals surface area contributed by atoms with Crippen molar-refractivity contribution >= 4 is 0 Å². The Morgan fingerprint density at radius 2 is 2.27 bits per heavy atom. The van der Waals surface area contributed by atoms with Crippen LogP contribution in [0.5, 0.6) is 5.75 Å². The van der Waals surface area contributed by atoms with Crippen molar-refractivity contribution in [3.8, 4) is 5.75 Å². The molecule has 0 amide bonds. The van der Waals surface area contributed by atoms with Gasteiger partial charge in [-0.2, -0.15) is 0 Å². The SMILES string of the molecule is C=CCCc1ccccc1OCC1CO1. The fourth-order valence-corrected chi connectivity index (χ4v) is 1.46. The first kappa shape index (κ1) is 10.2. The number of rotatable bonds is 6. The highest BCUT2D eigenvalue weighted by Crippen LogP contribution is 2.21. The van der Waals surface area contributed by atoms with Crippen LogP contribution in [-0.4, -0.2) is 19.3 Å². The van der Waals surface area contributed by atoms with Gasteiger partial charge >= 0.3 is 0 Å². The van der Waals surface area contributed by atoms with E-state index in [1.54, 1.807) is 0 Å². The zero-order valence-electron chi connectivity index (χ0n) is 8.82. The lowest BCUT2D eigenvalue weighted by molar-refractivity contribution is 0.261. The summed E-state index contributed by atoms with van der Waals surface area (Å²) < 4.78 is 10.8. The number of allylic oxidation sites excluding steroid dienone is 1. The van der Waals surface area contributed by atoms with Gasteiger partial charge in [-0.15, -0.1) is 6.58 Å². The molecule has 2 nitrogen and oxygen atoms in total. The first-order chi connectivity index (χ1) is 7.40. The van der Waals surface area contributed by atoms with E-state index in [4.69, 9.17) is 9.47 Å². The van der Waals surface area contributed by atoms with Crippen molar-refractivity contribution in [1.29, 1.82) is 0 Å². The molecule has 0 radical (unpaired) electrons. The van der Waals surface area contributed by atoms with Crippen LogP contribution in [0.1, 0.15) is 12.0 Å². The molecule has 80 valence electrons. The van der Waals surface area contributed by atoms with E-state index in [0.717, 1.165) is 25.2 Å². The lowest BCUT2D eigenvalue weighted by Gasteiger charge is -2.09. The van der Waals surface area contributed by atoms with Crippen LogP contribution in [0.3, 0.4) is 0 Å². The van der Waals surface area contributed by atoms with E-state index >= 15 is 0 Å². The summed E-state index contributed by atoms with van der Waals surface area (Å²) in [6.45, 7) is 5.24. The van der Waals surface area contributed by atoms with Gasteiger partial charge in [0.1, 0.15) is 18.5 Å². The number of para-hydroxylation sites is 1. The topological polar surface area (TPSA) is 21.8 Å². The van der Waals surface area contributed by atoms with Gasteiger partial charge in [-0.05, 0) is 24.5 Å². The number of benzene rings is 1. The van der Waals surface area contributed by atoms with Crippen LogP contribution >= 0.6 is 0 Å². The minimum absolute atomic E-state index is 0.317. The molecule has 0 aliphatic carbocycles. The van der Waals surface area contributed by atoms with Crippen LogP contribution in [0.15, 0.2) is 36.9 Å². The van der Waals surface area contributed by atoms with E-state index < -0.39 is 0 Å². The third kappa shape index (κ3) is 3.10. The summed E-state index contributed by atoms with van der Waals surface area (Å²) in [5.41, 5.74) is 1.25. The summed E-state index contributed by atoms with van der Waals surface area (Å²) >= 11 is 0. The van der Waals surface area contributed by atoms with Gasteiger partial charge in [0.2, 0.25) is 0 Å². The van der Waals surface area contributed by atoms with Crippen LogP contribution in [0.2, 0.25) is 0 Å². The van der Waals surface area contributed by atoms with E-state index in [0.29, 0.717) is 12.7 Å². The highest BCUT2D eigenvalue weighted by Gasteiger charge is 2.23. The van der Waals surface area contributed by atoms with Crippen LogP contribution in [0, 0.1) is 0 Å². The second-order valence-electron chi connectivity index (χ2n) is 3.70. The molecule has 0 spiro atoms. The fourth-order valence-electron chi connectivity index (χ4n) is 1.46. The van der Waals surface area contributed by atoms with E-state index in [9.17, 15) is 0 Å². The van der Waals surface area contributed by atoms with Crippen LogP contribution in [-0.2, 0) is 11.2 Å². The van der Waals surface area contributed by atoms with E-state index in [2.05, 4.69) is 12.6 Å². The van der Waals surface area contributed by atoms with Crippen LogP contribution in [0.4, 0.5) is 0 Å². The monoisotopic (exact) mass is 204 g/mol. The molecule has 1 unspecified atom stereocenters. The first-order valence-electron chi connectivity index (χ1n) is 5.33. The Labute approximate surface area is 90.5 Å². The molecule has 1 fully saturated rings. The predicted octanol–water partition coefficient (Wildman–Crippen LogP) is 2.58.